The monoisotopic (exact) mass is 355 g/mol. The van der Waals surface area contributed by atoms with E-state index >= 15 is 0 Å². The summed E-state index contributed by atoms with van der Waals surface area (Å²) in [4.78, 5) is 17.2. The molecule has 3 nitrogen and oxygen atoms in total. The second kappa shape index (κ2) is 6.79. The van der Waals surface area contributed by atoms with Gasteiger partial charge < -0.3 is 5.11 Å². The molecule has 0 spiro atoms. The molecule has 0 aliphatic carbocycles. The molecular weight excluding hydrogens is 338 g/mol. The molecule has 0 saturated heterocycles. The van der Waals surface area contributed by atoms with Gasteiger partial charge >= 0.3 is 5.97 Å². The normalized spacial score (nSPS) is 11.4. The molecule has 3 rings (SSSR count). The maximum atomic E-state index is 11.4. The first-order valence-corrected chi connectivity index (χ1v) is 9.15. The number of carboxylic acid groups (broad SMARTS) is 1. The van der Waals surface area contributed by atoms with E-state index in [1.165, 1.54) is 11.8 Å². The Morgan fingerprint density at radius 2 is 1.54 bits per heavy atom. The maximum absolute atomic E-state index is 11.4. The van der Waals surface area contributed by atoms with Crippen LogP contribution in [0.15, 0.2) is 65.0 Å². The number of thiazole rings is 1. The van der Waals surface area contributed by atoms with Crippen LogP contribution in [0.3, 0.4) is 0 Å². The minimum absolute atomic E-state index is 0.764. The van der Waals surface area contributed by atoms with E-state index < -0.39 is 10.7 Å². The summed E-state index contributed by atoms with van der Waals surface area (Å²) in [6.45, 7) is 3.40. The molecule has 0 aliphatic heterocycles. The van der Waals surface area contributed by atoms with Crippen molar-refractivity contribution in [3.8, 4) is 21.7 Å². The van der Waals surface area contributed by atoms with Gasteiger partial charge in [-0.15, -0.1) is 11.3 Å². The average molecular weight is 355 g/mol. The third-order valence-corrected chi connectivity index (χ3v) is 5.90. The van der Waals surface area contributed by atoms with Crippen molar-refractivity contribution in [1.82, 2.24) is 4.98 Å². The molecular formula is C19H17NO2S2. The van der Waals surface area contributed by atoms with Gasteiger partial charge in [0.05, 0.1) is 10.6 Å². The second-order valence-electron chi connectivity index (χ2n) is 5.81. The lowest BCUT2D eigenvalue weighted by Gasteiger charge is -2.15. The van der Waals surface area contributed by atoms with Crippen molar-refractivity contribution in [3.63, 3.8) is 0 Å². The molecule has 24 heavy (non-hydrogen) atoms. The zero-order chi connectivity index (χ0) is 17.2. The van der Waals surface area contributed by atoms with Crippen LogP contribution < -0.4 is 0 Å². The van der Waals surface area contributed by atoms with Crippen LogP contribution in [0.1, 0.15) is 13.8 Å². The average Bonchev–Trinajstić information content (AvgIpc) is 2.99. The van der Waals surface area contributed by atoms with Crippen LogP contribution in [0, 0.1) is 0 Å². The molecule has 1 heterocycles. The number of hydrogen-bond donors (Lipinski definition) is 1. The fraction of sp³-hybridized carbons (Fsp3) is 0.158. The first kappa shape index (κ1) is 16.7. The van der Waals surface area contributed by atoms with Crippen LogP contribution in [0.4, 0.5) is 0 Å². The number of benzene rings is 2. The number of thioether (sulfide) groups is 1. The quantitative estimate of drug-likeness (QED) is 0.620. The van der Waals surface area contributed by atoms with E-state index in [0.29, 0.717) is 0 Å². The summed E-state index contributed by atoms with van der Waals surface area (Å²) in [5.41, 5.74) is 3.02. The van der Waals surface area contributed by atoms with E-state index in [1.807, 2.05) is 48.5 Å². The lowest BCUT2D eigenvalue weighted by atomic mass is 10.1. The van der Waals surface area contributed by atoms with Crippen molar-refractivity contribution in [2.75, 3.05) is 0 Å². The predicted octanol–water partition coefficient (Wildman–Crippen LogP) is 5.43. The standard InChI is InChI=1S/C19H17NO2S2/c1-19(2,17(21)22)24-18-20-15(13-9-5-3-6-10-13)16(23-18)14-11-7-4-8-12-14/h3-12H,1-2H3,(H,21,22). The van der Waals surface area contributed by atoms with Crippen LogP contribution in [0.5, 0.6) is 0 Å². The van der Waals surface area contributed by atoms with Crippen LogP contribution in [0.2, 0.25) is 0 Å². The third-order valence-electron chi connectivity index (χ3n) is 3.55. The Balaban J connectivity index is 2.08. The van der Waals surface area contributed by atoms with Crippen LogP contribution in [-0.4, -0.2) is 20.8 Å². The highest BCUT2D eigenvalue weighted by atomic mass is 32.2. The van der Waals surface area contributed by atoms with E-state index in [9.17, 15) is 9.90 Å². The summed E-state index contributed by atoms with van der Waals surface area (Å²) in [7, 11) is 0. The van der Waals surface area contributed by atoms with E-state index in [4.69, 9.17) is 4.98 Å². The maximum Gasteiger partial charge on any atom is 0.319 e. The Bertz CT molecular complexity index is 785. The van der Waals surface area contributed by atoms with E-state index in [0.717, 1.165) is 26.0 Å². The molecule has 0 fully saturated rings. The Labute approximate surface area is 149 Å². The van der Waals surface area contributed by atoms with Crippen molar-refractivity contribution in [2.45, 2.75) is 22.9 Å². The molecule has 0 amide bonds. The van der Waals surface area contributed by atoms with E-state index in [1.54, 1.807) is 25.2 Å². The molecule has 0 saturated carbocycles. The molecule has 5 heteroatoms. The van der Waals surface area contributed by atoms with Gasteiger partial charge in [0.2, 0.25) is 0 Å². The third kappa shape index (κ3) is 3.52. The summed E-state index contributed by atoms with van der Waals surface area (Å²) in [6.07, 6.45) is 0. The molecule has 3 aromatic rings. The zero-order valence-corrected chi connectivity index (χ0v) is 15.0. The number of carboxylic acids is 1. The minimum Gasteiger partial charge on any atom is -0.480 e. The predicted molar refractivity (Wildman–Crippen MR) is 101 cm³/mol. The highest BCUT2D eigenvalue weighted by Crippen LogP contribution is 2.43. The first-order valence-electron chi connectivity index (χ1n) is 7.51. The lowest BCUT2D eigenvalue weighted by Crippen LogP contribution is -2.26. The Morgan fingerprint density at radius 1 is 1.00 bits per heavy atom. The Morgan fingerprint density at radius 3 is 2.08 bits per heavy atom. The molecule has 2 aromatic carbocycles. The van der Waals surface area contributed by atoms with Gasteiger partial charge in [0.1, 0.15) is 4.75 Å². The SMILES string of the molecule is CC(C)(Sc1nc(-c2ccccc2)c(-c2ccccc2)s1)C(=O)O. The van der Waals surface area contributed by atoms with Crippen LogP contribution >= 0.6 is 23.1 Å². The second-order valence-corrected chi connectivity index (χ2v) is 8.68. The van der Waals surface area contributed by atoms with Crippen molar-refractivity contribution >= 4 is 29.1 Å². The number of hydrogen-bond acceptors (Lipinski definition) is 4. The smallest absolute Gasteiger partial charge is 0.319 e. The van der Waals surface area contributed by atoms with Gasteiger partial charge in [-0.2, -0.15) is 0 Å². The van der Waals surface area contributed by atoms with Gasteiger partial charge in [-0.1, -0.05) is 72.4 Å². The van der Waals surface area contributed by atoms with Gasteiger partial charge in [0, 0.05) is 5.56 Å². The van der Waals surface area contributed by atoms with Gasteiger partial charge in [0.25, 0.3) is 0 Å². The fourth-order valence-electron chi connectivity index (χ4n) is 2.18. The van der Waals surface area contributed by atoms with E-state index in [2.05, 4.69) is 12.1 Å². The number of nitrogens with zero attached hydrogens (tertiary/aromatic N) is 1. The summed E-state index contributed by atoms with van der Waals surface area (Å²) in [6, 6.07) is 20.1. The summed E-state index contributed by atoms with van der Waals surface area (Å²) < 4.78 is -0.153. The van der Waals surface area contributed by atoms with Gasteiger partial charge in [-0.05, 0) is 19.4 Å². The highest BCUT2D eigenvalue weighted by molar-refractivity contribution is 8.03. The molecule has 0 radical (unpaired) electrons. The van der Waals surface area contributed by atoms with Crippen molar-refractivity contribution in [2.24, 2.45) is 0 Å². The number of aliphatic carboxylic acids is 1. The number of carbonyl (C=O) groups is 1. The molecule has 1 aromatic heterocycles. The Hall–Kier alpha value is -2.11. The van der Waals surface area contributed by atoms with Gasteiger partial charge in [-0.3, -0.25) is 4.79 Å². The minimum atomic E-state index is -0.917. The lowest BCUT2D eigenvalue weighted by molar-refractivity contribution is -0.138. The number of aromatic nitrogens is 1. The van der Waals surface area contributed by atoms with E-state index in [-0.39, 0.29) is 0 Å². The largest absolute Gasteiger partial charge is 0.480 e. The molecule has 0 aliphatic rings. The first-order chi connectivity index (χ1) is 11.5. The topological polar surface area (TPSA) is 50.2 Å². The van der Waals surface area contributed by atoms with Crippen molar-refractivity contribution in [1.29, 1.82) is 0 Å². The Kier molecular flexibility index (Phi) is 4.73. The molecule has 0 atom stereocenters. The molecule has 1 N–H and O–H groups in total. The van der Waals surface area contributed by atoms with Crippen molar-refractivity contribution < 1.29 is 9.90 Å². The molecule has 0 unspecified atom stereocenters. The molecule has 0 bridgehead atoms. The highest BCUT2D eigenvalue weighted by Gasteiger charge is 2.30. The summed E-state index contributed by atoms with van der Waals surface area (Å²) >= 11 is 2.83. The van der Waals surface area contributed by atoms with Crippen molar-refractivity contribution in [3.05, 3.63) is 60.7 Å². The molecule has 122 valence electrons. The van der Waals surface area contributed by atoms with Gasteiger partial charge in [-0.25, -0.2) is 4.98 Å². The summed E-state index contributed by atoms with van der Waals surface area (Å²) in [5, 5.41) is 9.37. The van der Waals surface area contributed by atoms with Crippen LogP contribution in [-0.2, 0) is 4.79 Å². The fourth-order valence-corrected chi connectivity index (χ4v) is 4.71. The summed E-state index contributed by atoms with van der Waals surface area (Å²) in [5.74, 6) is -0.842. The van der Waals surface area contributed by atoms with Gasteiger partial charge in [0.15, 0.2) is 4.34 Å². The van der Waals surface area contributed by atoms with Crippen LogP contribution in [0.25, 0.3) is 21.7 Å². The number of rotatable bonds is 5. The zero-order valence-electron chi connectivity index (χ0n) is 13.4.